The van der Waals surface area contributed by atoms with Crippen LogP contribution in [0.25, 0.3) is 0 Å². The van der Waals surface area contributed by atoms with Crippen molar-refractivity contribution in [2.24, 2.45) is 0 Å². The first-order valence-electron chi connectivity index (χ1n) is 21.7. The van der Waals surface area contributed by atoms with Gasteiger partial charge in [0.15, 0.2) is 0 Å². The number of hydrogen-bond donors (Lipinski definition) is 7. The largest absolute Gasteiger partial charge is 0.481 e. The van der Waals surface area contributed by atoms with Crippen LogP contribution in [0.4, 0.5) is 0 Å². The molecule has 0 rings (SSSR count). The number of carboxylic acids is 2. The number of carboxylic acid groups (broad SMARTS) is 2. The van der Waals surface area contributed by atoms with Gasteiger partial charge in [0.05, 0.1) is 45.0 Å². The molecule has 0 fully saturated rings. The van der Waals surface area contributed by atoms with E-state index in [1.165, 1.54) is 57.8 Å². The maximum Gasteiger partial charge on any atom is 0.326 e. The first-order chi connectivity index (χ1) is 29.0. The molecule has 0 aromatic carbocycles. The van der Waals surface area contributed by atoms with Crippen molar-refractivity contribution in [2.75, 3.05) is 84.4 Å². The second-order valence-electron chi connectivity index (χ2n) is 14.4. The number of amides is 5. The Kier molecular flexibility index (Phi) is 39.9. The first-order valence-corrected chi connectivity index (χ1v) is 22.8. The Hall–Kier alpha value is -3.39. The lowest BCUT2D eigenvalue weighted by Gasteiger charge is -2.14. The van der Waals surface area contributed by atoms with Crippen LogP contribution in [-0.4, -0.2) is 142 Å². The summed E-state index contributed by atoms with van der Waals surface area (Å²) in [4.78, 5) is 81.3. The molecule has 0 aliphatic heterocycles. The van der Waals surface area contributed by atoms with Crippen LogP contribution in [0.1, 0.15) is 128 Å². The van der Waals surface area contributed by atoms with Gasteiger partial charge in [0.1, 0.15) is 19.3 Å². The standard InChI is InChI=1S/C41H74BrN5O13/c42-31-37(50)43-21-22-44-38(51)32-59-29-28-58-26-24-46-39(52)33-60-30-27-57-25-23-45-35(48)20-19-34(41(55)56)47-36(49)17-15-13-11-9-7-5-3-1-2-4-6-8-10-12-14-16-18-40(53)54/h34H,1-33H2,(H,43,50)(H,44,51)(H,45,48)(H,46,52)(H,47,49)(H,53,54)(H,55,56). The monoisotopic (exact) mass is 923 g/mol. The zero-order chi connectivity index (χ0) is 44.3. The predicted octanol–water partition coefficient (Wildman–Crippen LogP) is 3.37. The van der Waals surface area contributed by atoms with E-state index in [9.17, 15) is 38.7 Å². The highest BCUT2D eigenvalue weighted by atomic mass is 79.9. The average molecular weight is 925 g/mol. The number of nitrogens with one attached hydrogen (secondary N) is 5. The van der Waals surface area contributed by atoms with Gasteiger partial charge in [-0.15, -0.1) is 0 Å². The average Bonchev–Trinajstić information content (AvgIpc) is 3.22. The summed E-state index contributed by atoms with van der Waals surface area (Å²) in [7, 11) is 0. The Morgan fingerprint density at radius 2 is 0.800 bits per heavy atom. The van der Waals surface area contributed by atoms with Crippen molar-refractivity contribution in [3.63, 3.8) is 0 Å². The molecule has 7 N–H and O–H groups in total. The lowest BCUT2D eigenvalue weighted by Crippen LogP contribution is -2.41. The van der Waals surface area contributed by atoms with Crippen molar-refractivity contribution in [3.05, 3.63) is 0 Å². The Morgan fingerprint density at radius 3 is 1.23 bits per heavy atom. The number of aliphatic carboxylic acids is 2. The normalized spacial score (nSPS) is 11.4. The van der Waals surface area contributed by atoms with Gasteiger partial charge in [0.2, 0.25) is 29.5 Å². The summed E-state index contributed by atoms with van der Waals surface area (Å²) in [5.41, 5.74) is 0. The summed E-state index contributed by atoms with van der Waals surface area (Å²) in [6.45, 7) is 2.07. The topological polar surface area (TPSA) is 257 Å². The molecule has 0 bridgehead atoms. The van der Waals surface area contributed by atoms with E-state index < -0.39 is 18.0 Å². The maximum absolute atomic E-state index is 12.3. The summed E-state index contributed by atoms with van der Waals surface area (Å²) >= 11 is 3.03. The van der Waals surface area contributed by atoms with Gasteiger partial charge in [-0.3, -0.25) is 28.8 Å². The molecule has 0 aromatic heterocycles. The molecular weight excluding hydrogens is 850 g/mol. The van der Waals surface area contributed by atoms with Crippen molar-refractivity contribution in [3.8, 4) is 0 Å². The molecule has 0 aromatic rings. The molecule has 0 aliphatic carbocycles. The molecule has 1 atom stereocenters. The molecule has 5 amide bonds. The van der Waals surface area contributed by atoms with Crippen molar-refractivity contribution < 1.29 is 62.7 Å². The smallest absolute Gasteiger partial charge is 0.326 e. The zero-order valence-corrected chi connectivity index (χ0v) is 37.3. The highest BCUT2D eigenvalue weighted by Crippen LogP contribution is 2.14. The second kappa shape index (κ2) is 42.3. The van der Waals surface area contributed by atoms with E-state index >= 15 is 0 Å². The second-order valence-corrected chi connectivity index (χ2v) is 15.0. The van der Waals surface area contributed by atoms with E-state index in [0.717, 1.165) is 38.5 Å². The lowest BCUT2D eigenvalue weighted by atomic mass is 10.0. The van der Waals surface area contributed by atoms with Crippen LogP contribution >= 0.6 is 15.9 Å². The van der Waals surface area contributed by atoms with Gasteiger partial charge < -0.3 is 55.7 Å². The number of carbonyl (C=O) groups is 7. The number of unbranched alkanes of at least 4 members (excludes halogenated alkanes) is 15. The van der Waals surface area contributed by atoms with E-state index in [1.807, 2.05) is 0 Å². The van der Waals surface area contributed by atoms with Crippen molar-refractivity contribution in [1.29, 1.82) is 0 Å². The van der Waals surface area contributed by atoms with E-state index in [2.05, 4.69) is 42.5 Å². The minimum Gasteiger partial charge on any atom is -0.481 e. The third kappa shape index (κ3) is 41.3. The Balaban J connectivity index is 3.64. The molecule has 0 spiro atoms. The third-order valence-electron chi connectivity index (χ3n) is 9.08. The van der Waals surface area contributed by atoms with Gasteiger partial charge in [0, 0.05) is 45.4 Å². The van der Waals surface area contributed by atoms with Crippen molar-refractivity contribution >= 4 is 57.4 Å². The molecule has 18 nitrogen and oxygen atoms in total. The van der Waals surface area contributed by atoms with Crippen molar-refractivity contribution in [2.45, 2.75) is 134 Å². The van der Waals surface area contributed by atoms with Crippen molar-refractivity contribution in [1.82, 2.24) is 26.6 Å². The quantitative estimate of drug-likeness (QED) is 0.0342. The van der Waals surface area contributed by atoms with Gasteiger partial charge >= 0.3 is 11.9 Å². The number of halogens is 1. The van der Waals surface area contributed by atoms with E-state index in [4.69, 9.17) is 24.1 Å². The highest BCUT2D eigenvalue weighted by molar-refractivity contribution is 9.09. The number of carbonyl (C=O) groups excluding carboxylic acids is 5. The minimum atomic E-state index is -1.18. The molecule has 0 heterocycles. The Bertz CT molecular complexity index is 1170. The Labute approximate surface area is 364 Å². The van der Waals surface area contributed by atoms with Crippen LogP contribution < -0.4 is 26.6 Å². The number of ether oxygens (including phenoxy) is 4. The fourth-order valence-corrected chi connectivity index (χ4v) is 5.97. The van der Waals surface area contributed by atoms with Gasteiger partial charge in [0.25, 0.3) is 0 Å². The predicted molar refractivity (Wildman–Crippen MR) is 229 cm³/mol. The molecule has 60 heavy (non-hydrogen) atoms. The van der Waals surface area contributed by atoms with Crippen LogP contribution in [0.15, 0.2) is 0 Å². The van der Waals surface area contributed by atoms with Gasteiger partial charge in [-0.1, -0.05) is 106 Å². The van der Waals surface area contributed by atoms with Crippen LogP contribution in [0, 0.1) is 0 Å². The van der Waals surface area contributed by atoms with E-state index in [-0.39, 0.29) is 126 Å². The minimum absolute atomic E-state index is 0.0244. The number of alkyl halides is 1. The molecule has 1 unspecified atom stereocenters. The fraction of sp³-hybridized carbons (Fsp3) is 0.829. The summed E-state index contributed by atoms with van der Waals surface area (Å²) in [5, 5.41) is 31.4. The summed E-state index contributed by atoms with van der Waals surface area (Å²) in [6.07, 6.45) is 18.3. The van der Waals surface area contributed by atoms with Gasteiger partial charge in [-0.05, 0) is 19.3 Å². The summed E-state index contributed by atoms with van der Waals surface area (Å²) in [6, 6.07) is -1.14. The lowest BCUT2D eigenvalue weighted by molar-refractivity contribution is -0.142. The molecular formula is C41H74BrN5O13. The van der Waals surface area contributed by atoms with Crippen LogP contribution in [-0.2, 0) is 52.5 Å². The highest BCUT2D eigenvalue weighted by Gasteiger charge is 2.20. The summed E-state index contributed by atoms with van der Waals surface area (Å²) in [5.74, 6) is -3.36. The Morgan fingerprint density at radius 1 is 0.417 bits per heavy atom. The fourth-order valence-electron chi connectivity index (χ4n) is 5.77. The number of rotatable bonds is 44. The zero-order valence-electron chi connectivity index (χ0n) is 35.7. The third-order valence-corrected chi connectivity index (χ3v) is 9.59. The van der Waals surface area contributed by atoms with Crippen LogP contribution in [0.2, 0.25) is 0 Å². The molecule has 19 heteroatoms. The summed E-state index contributed by atoms with van der Waals surface area (Å²) < 4.78 is 21.2. The van der Waals surface area contributed by atoms with Crippen LogP contribution in [0.5, 0.6) is 0 Å². The molecule has 0 aliphatic rings. The van der Waals surface area contributed by atoms with Gasteiger partial charge in [-0.25, -0.2) is 4.79 Å². The first kappa shape index (κ1) is 56.6. The molecule has 0 saturated heterocycles. The van der Waals surface area contributed by atoms with E-state index in [1.54, 1.807) is 0 Å². The maximum atomic E-state index is 12.3. The van der Waals surface area contributed by atoms with Crippen LogP contribution in [0.3, 0.4) is 0 Å². The van der Waals surface area contributed by atoms with E-state index in [0.29, 0.717) is 19.5 Å². The molecule has 348 valence electrons. The number of hydrogen-bond acceptors (Lipinski definition) is 11. The molecule has 0 radical (unpaired) electrons. The van der Waals surface area contributed by atoms with Gasteiger partial charge in [-0.2, -0.15) is 0 Å². The molecule has 0 saturated carbocycles. The SMILES string of the molecule is O=C(O)CCCCCCCCCCCCCCCCCCC(=O)NC(CCC(=O)NCCOCCOCC(=O)NCCOCCOCC(=O)NCCNC(=O)CBr)C(=O)O.